The number of carbonyl (C=O) groups is 2. The second kappa shape index (κ2) is 7.26. The first kappa shape index (κ1) is 18.7. The monoisotopic (exact) mass is 372 g/mol. The van der Waals surface area contributed by atoms with Gasteiger partial charge in [-0.2, -0.15) is 5.10 Å². The fourth-order valence-corrected chi connectivity index (χ4v) is 3.31. The zero-order chi connectivity index (χ0) is 19.7. The summed E-state index contributed by atoms with van der Waals surface area (Å²) in [5.41, 5.74) is 3.10. The van der Waals surface area contributed by atoms with Crippen molar-refractivity contribution in [3.63, 3.8) is 0 Å². The molecule has 0 unspecified atom stereocenters. The number of carbonyl (C=O) groups excluding carboxylic acids is 2. The van der Waals surface area contributed by atoms with Gasteiger partial charge >= 0.3 is 6.03 Å². The molecule has 3 rings (SSSR count). The van der Waals surface area contributed by atoms with Gasteiger partial charge in [-0.25, -0.2) is 4.79 Å². The number of hydrogen-bond acceptors (Lipinski definition) is 4. The lowest BCUT2D eigenvalue weighted by Gasteiger charge is -2.29. The molecule has 0 atom stereocenters. The van der Waals surface area contributed by atoms with Crippen molar-refractivity contribution in [2.45, 2.75) is 33.5 Å². The highest BCUT2D eigenvalue weighted by atomic mass is 16.2. The predicted molar refractivity (Wildman–Crippen MR) is 99.4 cm³/mol. The van der Waals surface area contributed by atoms with E-state index in [0.717, 1.165) is 11.4 Å². The van der Waals surface area contributed by atoms with E-state index < -0.39 is 0 Å². The summed E-state index contributed by atoms with van der Waals surface area (Å²) >= 11 is 0. The molecule has 0 bridgehead atoms. The minimum absolute atomic E-state index is 0.0266. The summed E-state index contributed by atoms with van der Waals surface area (Å²) < 4.78 is 1.87. The lowest BCUT2D eigenvalue weighted by atomic mass is 10.1. The molecule has 2 aromatic rings. The third-order valence-corrected chi connectivity index (χ3v) is 4.59. The Morgan fingerprint density at radius 1 is 1.26 bits per heavy atom. The van der Waals surface area contributed by atoms with Crippen LogP contribution in [0.5, 0.6) is 0 Å². The summed E-state index contributed by atoms with van der Waals surface area (Å²) in [6.45, 7) is 5.45. The van der Waals surface area contributed by atoms with Gasteiger partial charge in [0, 0.05) is 32.4 Å². The zero-order valence-electron chi connectivity index (χ0n) is 16.0. The minimum atomic E-state index is -0.253. The summed E-state index contributed by atoms with van der Waals surface area (Å²) in [5.74, 6) is -0.253. The maximum atomic E-state index is 12.5. The molecule has 9 heteroatoms. The highest BCUT2D eigenvalue weighted by Crippen LogP contribution is 2.15. The van der Waals surface area contributed by atoms with Crippen LogP contribution >= 0.6 is 0 Å². The molecule has 9 nitrogen and oxygen atoms in total. The van der Waals surface area contributed by atoms with E-state index >= 15 is 0 Å². The molecule has 2 N–H and O–H groups in total. The zero-order valence-corrected chi connectivity index (χ0v) is 16.0. The van der Waals surface area contributed by atoms with Crippen LogP contribution in [0.4, 0.5) is 4.79 Å². The van der Waals surface area contributed by atoms with Crippen LogP contribution in [-0.2, 0) is 19.6 Å². The van der Waals surface area contributed by atoms with Gasteiger partial charge in [-0.05, 0) is 25.5 Å². The Bertz CT molecular complexity index is 917. The quantitative estimate of drug-likeness (QED) is 0.824. The number of pyridine rings is 1. The Labute approximate surface area is 157 Å². The fourth-order valence-electron chi connectivity index (χ4n) is 3.31. The van der Waals surface area contributed by atoms with Crippen LogP contribution in [0.25, 0.3) is 0 Å². The molecule has 144 valence electrons. The first-order valence-corrected chi connectivity index (χ1v) is 8.77. The van der Waals surface area contributed by atoms with Crippen molar-refractivity contribution < 1.29 is 9.59 Å². The van der Waals surface area contributed by atoms with Gasteiger partial charge in [0.25, 0.3) is 5.91 Å². The number of nitrogens with zero attached hydrogens (tertiary/aromatic N) is 4. The molecule has 0 fully saturated rings. The molecule has 0 saturated carbocycles. The lowest BCUT2D eigenvalue weighted by molar-refractivity contribution is 0.0948. The van der Waals surface area contributed by atoms with Gasteiger partial charge in [-0.15, -0.1) is 0 Å². The molecule has 3 heterocycles. The molecule has 3 amide bonds. The van der Waals surface area contributed by atoms with Crippen LogP contribution in [0.3, 0.4) is 0 Å². The van der Waals surface area contributed by atoms with Gasteiger partial charge in [0.2, 0.25) is 5.56 Å². The topological polar surface area (TPSA) is 103 Å². The summed E-state index contributed by atoms with van der Waals surface area (Å²) in [6, 6.07) is 3.29. The van der Waals surface area contributed by atoms with E-state index in [2.05, 4.69) is 15.4 Å². The Morgan fingerprint density at radius 3 is 2.67 bits per heavy atom. The normalized spacial score (nSPS) is 13.3. The van der Waals surface area contributed by atoms with Crippen molar-refractivity contribution in [1.29, 1.82) is 0 Å². The number of rotatable bonds is 3. The Morgan fingerprint density at radius 2 is 2.00 bits per heavy atom. The van der Waals surface area contributed by atoms with Crippen molar-refractivity contribution in [2.24, 2.45) is 0 Å². The number of aromatic amines is 1. The summed E-state index contributed by atoms with van der Waals surface area (Å²) in [4.78, 5) is 42.1. The van der Waals surface area contributed by atoms with E-state index in [1.54, 1.807) is 37.7 Å². The molecule has 0 spiro atoms. The highest BCUT2D eigenvalue weighted by molar-refractivity contribution is 5.96. The van der Waals surface area contributed by atoms with Gasteiger partial charge in [-0.3, -0.25) is 14.3 Å². The number of amides is 3. The van der Waals surface area contributed by atoms with Gasteiger partial charge in [-0.1, -0.05) is 0 Å². The van der Waals surface area contributed by atoms with Crippen molar-refractivity contribution >= 4 is 11.9 Å². The second-order valence-corrected chi connectivity index (χ2v) is 6.95. The smallest absolute Gasteiger partial charge is 0.319 e. The fraction of sp³-hybridized carbons (Fsp3) is 0.444. The van der Waals surface area contributed by atoms with Crippen LogP contribution in [0, 0.1) is 13.8 Å². The van der Waals surface area contributed by atoms with Crippen LogP contribution < -0.4 is 10.9 Å². The van der Waals surface area contributed by atoms with E-state index in [1.807, 2.05) is 10.7 Å². The van der Waals surface area contributed by atoms with E-state index in [-0.39, 0.29) is 24.0 Å². The Kier molecular flexibility index (Phi) is 5.02. The number of fused-ring (bicyclic) bond motifs is 1. The molecule has 0 aromatic carbocycles. The van der Waals surface area contributed by atoms with Gasteiger partial charge in [0.1, 0.15) is 0 Å². The van der Waals surface area contributed by atoms with Crippen LogP contribution in [0.2, 0.25) is 0 Å². The molecule has 0 saturated heterocycles. The van der Waals surface area contributed by atoms with Gasteiger partial charge < -0.3 is 20.1 Å². The van der Waals surface area contributed by atoms with Crippen LogP contribution in [-0.4, -0.2) is 57.1 Å². The Hall–Kier alpha value is -3.10. The molecule has 1 aliphatic heterocycles. The number of nitrogens with one attached hydrogen (secondary N) is 2. The third kappa shape index (κ3) is 3.86. The molecular weight excluding hydrogens is 348 g/mol. The molecule has 2 aromatic heterocycles. The number of hydrogen-bond donors (Lipinski definition) is 2. The maximum Gasteiger partial charge on any atom is 0.319 e. The van der Waals surface area contributed by atoms with E-state index in [9.17, 15) is 14.4 Å². The molecule has 0 aliphatic carbocycles. The third-order valence-electron chi connectivity index (χ3n) is 4.59. The van der Waals surface area contributed by atoms with Gasteiger partial charge in [0.15, 0.2) is 0 Å². The average molecular weight is 372 g/mol. The lowest BCUT2D eigenvalue weighted by Crippen LogP contribution is -2.43. The average Bonchev–Trinajstić information content (AvgIpc) is 3.00. The predicted octanol–water partition coefficient (Wildman–Crippen LogP) is 0.615. The number of aromatic nitrogens is 3. The minimum Gasteiger partial charge on any atom is -0.346 e. The van der Waals surface area contributed by atoms with Crippen molar-refractivity contribution in [1.82, 2.24) is 29.9 Å². The summed E-state index contributed by atoms with van der Waals surface area (Å²) in [6.07, 6.45) is 0. The highest BCUT2D eigenvalue weighted by Gasteiger charge is 2.23. The van der Waals surface area contributed by atoms with Crippen molar-refractivity contribution in [3.05, 3.63) is 50.7 Å². The summed E-state index contributed by atoms with van der Waals surface area (Å²) in [5, 5.41) is 7.36. The van der Waals surface area contributed by atoms with E-state index in [1.165, 1.54) is 6.07 Å². The Balaban J connectivity index is 1.68. The molecular formula is C18H24N6O3. The SMILES string of the molecule is Cc1cc(=O)[nH]c(C)c1C(=O)NCc1cc2n(n1)CCN(C(=O)N(C)C)C2. The maximum absolute atomic E-state index is 12.5. The van der Waals surface area contributed by atoms with Crippen molar-refractivity contribution in [2.75, 3.05) is 20.6 Å². The molecule has 27 heavy (non-hydrogen) atoms. The number of urea groups is 1. The number of H-pyrrole nitrogens is 1. The van der Waals surface area contributed by atoms with Crippen LogP contribution in [0.15, 0.2) is 16.9 Å². The van der Waals surface area contributed by atoms with Crippen LogP contribution in [0.1, 0.15) is 33.0 Å². The molecule has 0 radical (unpaired) electrons. The second-order valence-electron chi connectivity index (χ2n) is 6.95. The van der Waals surface area contributed by atoms with E-state index in [0.29, 0.717) is 36.5 Å². The first-order valence-electron chi connectivity index (χ1n) is 8.77. The van der Waals surface area contributed by atoms with Crippen molar-refractivity contribution in [3.8, 4) is 0 Å². The first-order chi connectivity index (χ1) is 12.8. The number of aryl methyl sites for hydroxylation is 2. The summed E-state index contributed by atoms with van der Waals surface area (Å²) in [7, 11) is 3.46. The van der Waals surface area contributed by atoms with E-state index in [4.69, 9.17) is 0 Å². The standard InChI is InChI=1S/C18H24N6O3/c1-11-7-15(25)20-12(2)16(11)17(26)19-9-13-8-14-10-23(18(27)22(3)4)5-6-24(14)21-13/h7-8H,5-6,9-10H2,1-4H3,(H,19,26)(H,20,25). The van der Waals surface area contributed by atoms with Gasteiger partial charge in [0.05, 0.1) is 36.6 Å². The molecule has 1 aliphatic rings. The largest absolute Gasteiger partial charge is 0.346 e.